The summed E-state index contributed by atoms with van der Waals surface area (Å²) in [6.45, 7) is 7.13. The average molecular weight is 297 g/mol. The molecule has 20 heavy (non-hydrogen) atoms. The lowest BCUT2D eigenvalue weighted by atomic mass is 10.1. The van der Waals surface area contributed by atoms with E-state index in [1.165, 1.54) is 5.56 Å². The Morgan fingerprint density at radius 3 is 2.75 bits per heavy atom. The minimum Gasteiger partial charge on any atom is -0.491 e. The SMILES string of the molecule is CSCC[C@@H](C)NC[C@@H](O)COc1ccc(C)cc1C. The van der Waals surface area contributed by atoms with Gasteiger partial charge in [0.2, 0.25) is 0 Å². The predicted molar refractivity (Wildman–Crippen MR) is 87.9 cm³/mol. The number of aliphatic hydroxyl groups is 1. The Hall–Kier alpha value is -0.710. The maximum atomic E-state index is 9.94. The second-order valence-corrected chi connectivity index (χ2v) is 6.31. The van der Waals surface area contributed by atoms with Crippen LogP contribution in [0.5, 0.6) is 5.75 Å². The molecule has 0 spiro atoms. The number of rotatable bonds is 9. The molecule has 0 fully saturated rings. The van der Waals surface area contributed by atoms with Gasteiger partial charge in [-0.05, 0) is 50.8 Å². The van der Waals surface area contributed by atoms with Crippen LogP contribution in [0, 0.1) is 13.8 Å². The number of nitrogens with one attached hydrogen (secondary N) is 1. The van der Waals surface area contributed by atoms with Crippen molar-refractivity contribution >= 4 is 11.8 Å². The average Bonchev–Trinajstić information content (AvgIpc) is 2.41. The van der Waals surface area contributed by atoms with Crippen LogP contribution >= 0.6 is 11.8 Å². The molecular weight excluding hydrogens is 270 g/mol. The Bertz CT molecular complexity index is 398. The zero-order valence-electron chi connectivity index (χ0n) is 13.0. The molecule has 0 radical (unpaired) electrons. The standard InChI is InChI=1S/C16H27NO2S/c1-12-5-6-16(13(2)9-12)19-11-15(18)10-17-14(3)7-8-20-4/h5-6,9,14-15,17-18H,7-8,10-11H2,1-4H3/t14-,15-/m1/s1. The number of hydrogen-bond donors (Lipinski definition) is 2. The summed E-state index contributed by atoms with van der Waals surface area (Å²) in [5.41, 5.74) is 2.33. The molecule has 0 unspecified atom stereocenters. The highest BCUT2D eigenvalue weighted by Crippen LogP contribution is 2.18. The molecule has 0 aliphatic rings. The lowest BCUT2D eigenvalue weighted by Gasteiger charge is -2.18. The van der Waals surface area contributed by atoms with E-state index in [1.54, 1.807) is 0 Å². The number of aliphatic hydroxyl groups excluding tert-OH is 1. The van der Waals surface area contributed by atoms with Crippen molar-refractivity contribution < 1.29 is 9.84 Å². The van der Waals surface area contributed by atoms with E-state index in [4.69, 9.17) is 4.74 Å². The lowest BCUT2D eigenvalue weighted by Crippen LogP contribution is -2.36. The van der Waals surface area contributed by atoms with Gasteiger partial charge < -0.3 is 15.2 Å². The van der Waals surface area contributed by atoms with E-state index < -0.39 is 6.10 Å². The summed E-state index contributed by atoms with van der Waals surface area (Å²) in [5.74, 6) is 1.99. The molecule has 2 atom stereocenters. The van der Waals surface area contributed by atoms with Crippen molar-refractivity contribution in [3.8, 4) is 5.75 Å². The summed E-state index contributed by atoms with van der Waals surface area (Å²) >= 11 is 1.85. The van der Waals surface area contributed by atoms with E-state index in [9.17, 15) is 5.11 Å². The van der Waals surface area contributed by atoms with Crippen molar-refractivity contribution in [1.82, 2.24) is 5.32 Å². The van der Waals surface area contributed by atoms with Crippen molar-refractivity contribution in [2.45, 2.75) is 39.3 Å². The number of thioether (sulfide) groups is 1. The van der Waals surface area contributed by atoms with Crippen LogP contribution in [-0.4, -0.2) is 42.4 Å². The Labute approximate surface area is 127 Å². The molecule has 4 heteroatoms. The maximum Gasteiger partial charge on any atom is 0.122 e. The van der Waals surface area contributed by atoms with Crippen LogP contribution in [0.15, 0.2) is 18.2 Å². The molecule has 114 valence electrons. The first-order chi connectivity index (χ1) is 9.52. The second-order valence-electron chi connectivity index (χ2n) is 5.32. The van der Waals surface area contributed by atoms with E-state index >= 15 is 0 Å². The molecule has 0 aliphatic heterocycles. The summed E-state index contributed by atoms with van der Waals surface area (Å²) in [6, 6.07) is 6.51. The van der Waals surface area contributed by atoms with E-state index in [2.05, 4.69) is 31.5 Å². The van der Waals surface area contributed by atoms with Crippen molar-refractivity contribution in [2.24, 2.45) is 0 Å². The molecule has 0 saturated carbocycles. The van der Waals surface area contributed by atoms with Crippen molar-refractivity contribution in [3.05, 3.63) is 29.3 Å². The molecular formula is C16H27NO2S. The highest BCUT2D eigenvalue weighted by atomic mass is 32.2. The normalized spacial score (nSPS) is 14.1. The van der Waals surface area contributed by atoms with Gasteiger partial charge in [-0.3, -0.25) is 0 Å². The number of aryl methyl sites for hydroxylation is 2. The molecule has 1 rings (SSSR count). The van der Waals surface area contributed by atoms with Crippen LogP contribution in [0.3, 0.4) is 0 Å². The monoisotopic (exact) mass is 297 g/mol. The quantitative estimate of drug-likeness (QED) is 0.735. The van der Waals surface area contributed by atoms with E-state index in [0.717, 1.165) is 23.5 Å². The molecule has 0 saturated heterocycles. The zero-order valence-corrected chi connectivity index (χ0v) is 13.8. The van der Waals surface area contributed by atoms with Crippen LogP contribution < -0.4 is 10.1 Å². The van der Waals surface area contributed by atoms with Crippen LogP contribution in [-0.2, 0) is 0 Å². The molecule has 3 nitrogen and oxygen atoms in total. The third kappa shape index (κ3) is 6.64. The second kappa shape index (κ2) is 9.27. The largest absolute Gasteiger partial charge is 0.491 e. The fourth-order valence-corrected chi connectivity index (χ4v) is 2.53. The predicted octanol–water partition coefficient (Wildman–Crippen LogP) is 2.77. The molecule has 1 aromatic carbocycles. The van der Waals surface area contributed by atoms with Gasteiger partial charge >= 0.3 is 0 Å². The van der Waals surface area contributed by atoms with Gasteiger partial charge in [0.15, 0.2) is 0 Å². The van der Waals surface area contributed by atoms with Gasteiger partial charge in [0.05, 0.1) is 0 Å². The van der Waals surface area contributed by atoms with E-state index in [0.29, 0.717) is 19.2 Å². The van der Waals surface area contributed by atoms with Crippen LogP contribution in [0.25, 0.3) is 0 Å². The zero-order chi connectivity index (χ0) is 15.0. The molecule has 0 aliphatic carbocycles. The van der Waals surface area contributed by atoms with Crippen LogP contribution in [0.1, 0.15) is 24.5 Å². The molecule has 0 aromatic heterocycles. The Kier molecular flexibility index (Phi) is 8.04. The minimum atomic E-state index is -0.479. The highest BCUT2D eigenvalue weighted by molar-refractivity contribution is 7.98. The van der Waals surface area contributed by atoms with Gasteiger partial charge in [-0.25, -0.2) is 0 Å². The Morgan fingerprint density at radius 2 is 2.10 bits per heavy atom. The Morgan fingerprint density at radius 1 is 1.35 bits per heavy atom. The van der Waals surface area contributed by atoms with Crippen molar-refractivity contribution in [3.63, 3.8) is 0 Å². The van der Waals surface area contributed by atoms with Crippen molar-refractivity contribution in [1.29, 1.82) is 0 Å². The number of hydrogen-bond acceptors (Lipinski definition) is 4. The molecule has 2 N–H and O–H groups in total. The third-order valence-corrected chi connectivity index (χ3v) is 3.86. The number of ether oxygens (including phenoxy) is 1. The maximum absolute atomic E-state index is 9.94. The fourth-order valence-electron chi connectivity index (χ4n) is 1.94. The summed E-state index contributed by atoms with van der Waals surface area (Å²) in [6.07, 6.45) is 2.75. The van der Waals surface area contributed by atoms with Gasteiger partial charge in [0.1, 0.15) is 18.5 Å². The Balaban J connectivity index is 2.27. The smallest absolute Gasteiger partial charge is 0.122 e. The minimum absolute atomic E-state index is 0.326. The molecule has 0 amide bonds. The summed E-state index contributed by atoms with van der Waals surface area (Å²) < 4.78 is 5.67. The third-order valence-electron chi connectivity index (χ3n) is 3.22. The van der Waals surface area contributed by atoms with Crippen molar-refractivity contribution in [2.75, 3.05) is 25.2 Å². The summed E-state index contributed by atoms with van der Waals surface area (Å²) in [7, 11) is 0. The van der Waals surface area contributed by atoms with Gasteiger partial charge in [-0.15, -0.1) is 0 Å². The first kappa shape index (κ1) is 17.3. The lowest BCUT2D eigenvalue weighted by molar-refractivity contribution is 0.103. The summed E-state index contributed by atoms with van der Waals surface area (Å²) in [5, 5.41) is 13.3. The van der Waals surface area contributed by atoms with Gasteiger partial charge in [-0.1, -0.05) is 17.7 Å². The van der Waals surface area contributed by atoms with Crippen LogP contribution in [0.2, 0.25) is 0 Å². The van der Waals surface area contributed by atoms with Gasteiger partial charge in [0, 0.05) is 12.6 Å². The van der Waals surface area contributed by atoms with Gasteiger partial charge in [-0.2, -0.15) is 11.8 Å². The number of benzene rings is 1. The molecule has 0 heterocycles. The van der Waals surface area contributed by atoms with E-state index in [-0.39, 0.29) is 0 Å². The summed E-state index contributed by atoms with van der Waals surface area (Å²) in [4.78, 5) is 0. The van der Waals surface area contributed by atoms with E-state index in [1.807, 2.05) is 30.8 Å². The highest BCUT2D eigenvalue weighted by Gasteiger charge is 2.09. The van der Waals surface area contributed by atoms with Crippen LogP contribution in [0.4, 0.5) is 0 Å². The first-order valence-electron chi connectivity index (χ1n) is 7.13. The molecule has 1 aromatic rings. The molecule has 0 bridgehead atoms. The van der Waals surface area contributed by atoms with Gasteiger partial charge in [0.25, 0.3) is 0 Å². The topological polar surface area (TPSA) is 41.5 Å². The fraction of sp³-hybridized carbons (Fsp3) is 0.625. The first-order valence-corrected chi connectivity index (χ1v) is 8.52.